The molecule has 0 bridgehead atoms. The summed E-state index contributed by atoms with van der Waals surface area (Å²) in [5.41, 5.74) is -0.901. The van der Waals surface area contributed by atoms with Crippen LogP contribution >= 0.6 is 0 Å². The summed E-state index contributed by atoms with van der Waals surface area (Å²) in [6, 6.07) is 7.03. The zero-order valence-electron chi connectivity index (χ0n) is 9.54. The van der Waals surface area contributed by atoms with Gasteiger partial charge in [0.05, 0.1) is 5.92 Å². The van der Waals surface area contributed by atoms with E-state index >= 15 is 0 Å². The summed E-state index contributed by atoms with van der Waals surface area (Å²) in [6.07, 6.45) is 4.17. The molecule has 92 valence electrons. The molecule has 0 saturated heterocycles. The highest BCUT2D eigenvalue weighted by atomic mass is 16.6. The highest BCUT2D eigenvalue weighted by Crippen LogP contribution is 2.47. The van der Waals surface area contributed by atoms with Crippen molar-refractivity contribution in [1.82, 2.24) is 0 Å². The Kier molecular flexibility index (Phi) is 2.23. The summed E-state index contributed by atoms with van der Waals surface area (Å²) in [4.78, 5) is 23.0. The number of rotatable bonds is 1. The van der Waals surface area contributed by atoms with Gasteiger partial charge in [-0.15, -0.1) is 0 Å². The van der Waals surface area contributed by atoms with E-state index in [0.717, 1.165) is 5.56 Å². The molecule has 0 saturated carbocycles. The number of esters is 1. The van der Waals surface area contributed by atoms with E-state index in [1.807, 2.05) is 6.08 Å². The molecule has 0 fully saturated rings. The first-order chi connectivity index (χ1) is 8.66. The van der Waals surface area contributed by atoms with Gasteiger partial charge in [0, 0.05) is 16.9 Å². The molecule has 0 spiro atoms. The summed E-state index contributed by atoms with van der Waals surface area (Å²) in [6.45, 7) is 0. The van der Waals surface area contributed by atoms with Gasteiger partial charge >= 0.3 is 11.5 Å². The number of fused-ring (bicyclic) bond motifs is 3. The minimum Gasteiger partial charge on any atom is -0.421 e. The molecule has 1 aromatic carbocycles. The van der Waals surface area contributed by atoms with E-state index in [1.165, 1.54) is 0 Å². The first-order valence-electron chi connectivity index (χ1n) is 5.77. The van der Waals surface area contributed by atoms with Crippen LogP contribution in [0.25, 0.3) is 0 Å². The third-order valence-corrected chi connectivity index (χ3v) is 3.72. The second-order valence-electron chi connectivity index (χ2n) is 4.57. The van der Waals surface area contributed by atoms with Gasteiger partial charge in [-0.05, 0) is 12.5 Å². The van der Waals surface area contributed by atoms with Crippen LogP contribution in [0.1, 0.15) is 24.3 Å². The number of allylic oxidation sites excluding steroid dienone is 1. The monoisotopic (exact) mass is 245 g/mol. The van der Waals surface area contributed by atoms with E-state index in [1.54, 1.807) is 30.3 Å². The van der Waals surface area contributed by atoms with Gasteiger partial charge < -0.3 is 4.74 Å². The quantitative estimate of drug-likeness (QED) is 0.249. The first kappa shape index (κ1) is 11.0. The normalized spacial score (nSPS) is 29.1. The molecule has 1 aromatic rings. The Morgan fingerprint density at radius 3 is 2.89 bits per heavy atom. The largest absolute Gasteiger partial charge is 0.421 e. The minimum atomic E-state index is -1.65. The van der Waals surface area contributed by atoms with E-state index in [9.17, 15) is 14.9 Å². The fourth-order valence-electron chi connectivity index (χ4n) is 2.77. The van der Waals surface area contributed by atoms with Gasteiger partial charge in [0.15, 0.2) is 0 Å². The molecule has 0 radical (unpaired) electrons. The van der Waals surface area contributed by atoms with Gasteiger partial charge in [-0.25, -0.2) is 4.79 Å². The Balaban J connectivity index is 2.22. The van der Waals surface area contributed by atoms with Gasteiger partial charge in [0.2, 0.25) is 0 Å². The highest BCUT2D eigenvalue weighted by molar-refractivity contribution is 5.86. The number of hydrogen-bond acceptors (Lipinski definition) is 4. The lowest BCUT2D eigenvalue weighted by Crippen LogP contribution is -2.56. The molecule has 0 amide bonds. The third-order valence-electron chi connectivity index (χ3n) is 3.72. The van der Waals surface area contributed by atoms with Crippen molar-refractivity contribution in [2.24, 2.45) is 0 Å². The maximum Gasteiger partial charge on any atom is 0.391 e. The number of carbonyl (C=O) groups excluding carboxylic acids is 1. The highest BCUT2D eigenvalue weighted by Gasteiger charge is 2.62. The van der Waals surface area contributed by atoms with Crippen LogP contribution in [0.2, 0.25) is 0 Å². The van der Waals surface area contributed by atoms with Gasteiger partial charge in [-0.3, -0.25) is 10.1 Å². The maximum atomic E-state index is 12.1. The number of carbonyl (C=O) groups is 1. The summed E-state index contributed by atoms with van der Waals surface area (Å²) < 4.78 is 5.15. The smallest absolute Gasteiger partial charge is 0.391 e. The fourth-order valence-corrected chi connectivity index (χ4v) is 2.77. The molecule has 5 nitrogen and oxygen atoms in total. The van der Waals surface area contributed by atoms with Crippen LogP contribution in [0.5, 0.6) is 5.75 Å². The van der Waals surface area contributed by atoms with Crippen molar-refractivity contribution < 1.29 is 14.5 Å². The van der Waals surface area contributed by atoms with Crippen LogP contribution in [0.3, 0.4) is 0 Å². The lowest BCUT2D eigenvalue weighted by atomic mass is 9.71. The molecule has 5 heteroatoms. The molecule has 2 aliphatic rings. The zero-order valence-corrected chi connectivity index (χ0v) is 9.54. The summed E-state index contributed by atoms with van der Waals surface area (Å²) >= 11 is 0. The Bertz CT molecular complexity index is 566. The van der Waals surface area contributed by atoms with Crippen LogP contribution in [0.4, 0.5) is 0 Å². The van der Waals surface area contributed by atoms with Crippen molar-refractivity contribution in [2.75, 3.05) is 0 Å². The van der Waals surface area contributed by atoms with Crippen molar-refractivity contribution >= 4 is 5.97 Å². The summed E-state index contributed by atoms with van der Waals surface area (Å²) in [7, 11) is 0. The number of nitrogens with zero attached hydrogens (tertiary/aromatic N) is 1. The lowest BCUT2D eigenvalue weighted by molar-refractivity contribution is -0.560. The SMILES string of the molecule is O=C1Oc2ccccc2[C@@H]2CC=CC[C@]12[N+](=O)[O-]. The standard InChI is InChI=1S/C13H11NO4/c15-12-13(14(16)17)8-4-3-6-10(13)9-5-1-2-7-11(9)18-12/h1-5,7,10H,6,8H2/t10-,13+/m0/s1. The number of ether oxygens (including phenoxy) is 1. The number of para-hydroxylation sites is 1. The zero-order chi connectivity index (χ0) is 12.8. The maximum absolute atomic E-state index is 12.1. The Labute approximate surface area is 103 Å². The minimum absolute atomic E-state index is 0.0951. The van der Waals surface area contributed by atoms with Crippen molar-refractivity contribution in [3.63, 3.8) is 0 Å². The predicted molar refractivity (Wildman–Crippen MR) is 62.9 cm³/mol. The number of hydrogen-bond donors (Lipinski definition) is 0. The molecule has 0 aromatic heterocycles. The van der Waals surface area contributed by atoms with Crippen LogP contribution in [-0.2, 0) is 4.79 Å². The molecule has 1 aliphatic heterocycles. The molecule has 3 rings (SSSR count). The third kappa shape index (κ3) is 1.24. The first-order valence-corrected chi connectivity index (χ1v) is 5.77. The van der Waals surface area contributed by atoms with Gasteiger partial charge in [-0.1, -0.05) is 30.4 Å². The Hall–Kier alpha value is -2.17. The van der Waals surface area contributed by atoms with E-state index in [2.05, 4.69) is 0 Å². The lowest BCUT2D eigenvalue weighted by Gasteiger charge is -2.36. The van der Waals surface area contributed by atoms with Gasteiger partial charge in [0.25, 0.3) is 0 Å². The van der Waals surface area contributed by atoms with Gasteiger partial charge in [-0.2, -0.15) is 0 Å². The molecular formula is C13H11NO4. The number of benzene rings is 1. The van der Waals surface area contributed by atoms with E-state index in [0.29, 0.717) is 12.2 Å². The molecule has 18 heavy (non-hydrogen) atoms. The molecule has 2 atom stereocenters. The van der Waals surface area contributed by atoms with E-state index in [4.69, 9.17) is 4.74 Å². The van der Waals surface area contributed by atoms with Crippen molar-refractivity contribution in [2.45, 2.75) is 24.3 Å². The van der Waals surface area contributed by atoms with E-state index in [-0.39, 0.29) is 6.42 Å². The predicted octanol–water partition coefficient (Wildman–Crippen LogP) is 2.05. The molecule has 0 unspecified atom stereocenters. The van der Waals surface area contributed by atoms with Gasteiger partial charge in [0.1, 0.15) is 5.75 Å². The van der Waals surface area contributed by atoms with Crippen LogP contribution in [0.15, 0.2) is 36.4 Å². The number of nitro groups is 1. The topological polar surface area (TPSA) is 69.4 Å². The van der Waals surface area contributed by atoms with Crippen LogP contribution < -0.4 is 4.74 Å². The summed E-state index contributed by atoms with van der Waals surface area (Å²) in [5.74, 6) is -0.740. The molecule has 0 N–H and O–H groups in total. The average molecular weight is 245 g/mol. The van der Waals surface area contributed by atoms with Crippen molar-refractivity contribution in [3.05, 3.63) is 52.1 Å². The molecular weight excluding hydrogens is 234 g/mol. The van der Waals surface area contributed by atoms with E-state index < -0.39 is 22.3 Å². The Morgan fingerprint density at radius 1 is 1.33 bits per heavy atom. The second kappa shape index (κ2) is 3.66. The van der Waals surface area contributed by atoms with Crippen molar-refractivity contribution in [1.29, 1.82) is 0 Å². The Morgan fingerprint density at radius 2 is 2.11 bits per heavy atom. The molecule has 1 aliphatic carbocycles. The van der Waals surface area contributed by atoms with Crippen LogP contribution in [0, 0.1) is 10.1 Å². The van der Waals surface area contributed by atoms with Crippen molar-refractivity contribution in [3.8, 4) is 5.75 Å². The summed E-state index contributed by atoms with van der Waals surface area (Å²) in [5, 5.41) is 11.4. The average Bonchev–Trinajstić information content (AvgIpc) is 2.39. The second-order valence-corrected chi connectivity index (χ2v) is 4.57. The van der Waals surface area contributed by atoms with Crippen LogP contribution in [-0.4, -0.2) is 16.4 Å². The fraction of sp³-hybridized carbons (Fsp3) is 0.308. The molecule has 1 heterocycles.